The van der Waals surface area contributed by atoms with Crippen LogP contribution in [0.3, 0.4) is 0 Å². The molecule has 0 atom stereocenters. The lowest BCUT2D eigenvalue weighted by Crippen LogP contribution is -2.22. The zero-order chi connectivity index (χ0) is 20.6. The lowest BCUT2D eigenvalue weighted by Gasteiger charge is -2.11. The molecule has 1 N–H and O–H groups in total. The van der Waals surface area contributed by atoms with Gasteiger partial charge in [-0.25, -0.2) is 4.68 Å². The van der Waals surface area contributed by atoms with Crippen LogP contribution in [0.1, 0.15) is 28.7 Å². The third-order valence-electron chi connectivity index (χ3n) is 4.27. The number of nitrogens with one attached hydrogen (secondary N) is 1. The Bertz CT molecular complexity index is 973. The number of hydrogen-bond acceptors (Lipinski definition) is 7. The number of nitrogens with zero attached hydrogens (tertiary/aromatic N) is 4. The number of aryl methyl sites for hydroxylation is 1. The summed E-state index contributed by atoms with van der Waals surface area (Å²) < 4.78 is 17.9. The molecule has 0 unspecified atom stereocenters. The van der Waals surface area contributed by atoms with Crippen molar-refractivity contribution in [3.63, 3.8) is 0 Å². The maximum Gasteiger partial charge on any atom is 0.251 e. The van der Waals surface area contributed by atoms with Gasteiger partial charge in [-0.1, -0.05) is 12.1 Å². The van der Waals surface area contributed by atoms with Gasteiger partial charge in [-0.15, -0.1) is 5.10 Å². The van der Waals surface area contributed by atoms with E-state index in [1.807, 2.05) is 19.1 Å². The third kappa shape index (κ3) is 5.01. The highest BCUT2D eigenvalue weighted by Crippen LogP contribution is 2.27. The van der Waals surface area contributed by atoms with Gasteiger partial charge in [0.25, 0.3) is 5.91 Å². The van der Waals surface area contributed by atoms with Gasteiger partial charge in [0.1, 0.15) is 12.4 Å². The van der Waals surface area contributed by atoms with E-state index in [4.69, 9.17) is 14.2 Å². The number of carbonyl (C=O) groups is 1. The molecule has 152 valence electrons. The highest BCUT2D eigenvalue weighted by molar-refractivity contribution is 5.94. The predicted molar refractivity (Wildman–Crippen MR) is 105 cm³/mol. The molecule has 2 aromatic carbocycles. The lowest BCUT2D eigenvalue weighted by atomic mass is 10.1. The zero-order valence-corrected chi connectivity index (χ0v) is 16.6. The summed E-state index contributed by atoms with van der Waals surface area (Å²) in [5.41, 5.74) is 1.40. The molecule has 0 bridgehead atoms. The topological polar surface area (TPSA) is 100 Å². The van der Waals surface area contributed by atoms with Crippen LogP contribution in [0, 0.1) is 0 Å². The molecular formula is C20H23N5O4. The number of tetrazole rings is 1. The van der Waals surface area contributed by atoms with E-state index in [-0.39, 0.29) is 12.5 Å². The van der Waals surface area contributed by atoms with Gasteiger partial charge in [0.05, 0.1) is 14.2 Å². The third-order valence-corrected chi connectivity index (χ3v) is 4.27. The molecule has 0 aliphatic rings. The van der Waals surface area contributed by atoms with E-state index in [1.165, 1.54) is 0 Å². The first-order valence-corrected chi connectivity index (χ1v) is 9.11. The summed E-state index contributed by atoms with van der Waals surface area (Å²) in [4.78, 5) is 12.5. The standard InChI is InChI=1S/C20H23N5O4/c1-4-25-19(22-23-24-25)13-29-16-7-5-6-15(11-16)20(26)21-12-14-8-9-17(27-2)18(10-14)28-3/h5-11H,4,12-13H2,1-3H3,(H,21,26). The molecule has 29 heavy (non-hydrogen) atoms. The number of methoxy groups -OCH3 is 2. The maximum absolute atomic E-state index is 12.5. The molecule has 0 saturated carbocycles. The van der Waals surface area contributed by atoms with Crippen molar-refractivity contribution in [2.24, 2.45) is 0 Å². The van der Waals surface area contributed by atoms with Gasteiger partial charge in [-0.05, 0) is 53.2 Å². The predicted octanol–water partition coefficient (Wildman–Crippen LogP) is 2.22. The second-order valence-electron chi connectivity index (χ2n) is 6.10. The fourth-order valence-corrected chi connectivity index (χ4v) is 2.72. The average Bonchev–Trinajstić information content (AvgIpc) is 3.23. The number of aromatic nitrogens is 4. The summed E-state index contributed by atoms with van der Waals surface area (Å²) in [5, 5.41) is 14.3. The Hall–Kier alpha value is -3.62. The molecule has 0 fully saturated rings. The molecule has 9 heteroatoms. The maximum atomic E-state index is 12.5. The van der Waals surface area contributed by atoms with E-state index in [0.29, 0.717) is 41.7 Å². The zero-order valence-electron chi connectivity index (χ0n) is 16.6. The molecule has 1 aromatic heterocycles. The Kier molecular flexibility index (Phi) is 6.62. The van der Waals surface area contributed by atoms with E-state index in [9.17, 15) is 4.79 Å². The number of rotatable bonds is 9. The Balaban J connectivity index is 1.60. The van der Waals surface area contributed by atoms with Gasteiger partial charge in [-0.2, -0.15) is 0 Å². The number of amides is 1. The molecule has 3 rings (SSSR count). The largest absolute Gasteiger partial charge is 0.493 e. The first-order chi connectivity index (χ1) is 14.1. The minimum absolute atomic E-state index is 0.205. The number of hydrogen-bond donors (Lipinski definition) is 1. The van der Waals surface area contributed by atoms with Crippen molar-refractivity contribution in [2.45, 2.75) is 26.6 Å². The number of carbonyl (C=O) groups excluding carboxylic acids is 1. The smallest absolute Gasteiger partial charge is 0.251 e. The Labute approximate surface area is 168 Å². The number of ether oxygens (including phenoxy) is 3. The summed E-state index contributed by atoms with van der Waals surface area (Å²) >= 11 is 0. The molecule has 0 spiro atoms. The quantitative estimate of drug-likeness (QED) is 0.591. The summed E-state index contributed by atoms with van der Waals surface area (Å²) in [6, 6.07) is 12.5. The van der Waals surface area contributed by atoms with Crippen LogP contribution >= 0.6 is 0 Å². The van der Waals surface area contributed by atoms with Crippen molar-refractivity contribution >= 4 is 5.91 Å². The average molecular weight is 397 g/mol. The van der Waals surface area contributed by atoms with Crippen molar-refractivity contribution in [1.29, 1.82) is 0 Å². The summed E-state index contributed by atoms with van der Waals surface area (Å²) in [6.07, 6.45) is 0. The van der Waals surface area contributed by atoms with Gasteiger partial charge in [-0.3, -0.25) is 4.79 Å². The fraction of sp³-hybridized carbons (Fsp3) is 0.300. The molecule has 0 saturated heterocycles. The van der Waals surface area contributed by atoms with Gasteiger partial charge in [0.2, 0.25) is 0 Å². The van der Waals surface area contributed by atoms with Crippen molar-refractivity contribution in [3.05, 3.63) is 59.4 Å². The van der Waals surface area contributed by atoms with E-state index in [0.717, 1.165) is 5.56 Å². The van der Waals surface area contributed by atoms with E-state index in [2.05, 4.69) is 20.8 Å². The monoisotopic (exact) mass is 397 g/mol. The normalized spacial score (nSPS) is 10.4. The molecule has 1 amide bonds. The van der Waals surface area contributed by atoms with Gasteiger partial charge >= 0.3 is 0 Å². The Morgan fingerprint density at radius 1 is 1.10 bits per heavy atom. The van der Waals surface area contributed by atoms with Crippen molar-refractivity contribution in [3.8, 4) is 17.2 Å². The van der Waals surface area contributed by atoms with Crippen LogP contribution in [0.25, 0.3) is 0 Å². The first kappa shape index (κ1) is 20.1. The lowest BCUT2D eigenvalue weighted by molar-refractivity contribution is 0.0950. The molecular weight excluding hydrogens is 374 g/mol. The second-order valence-corrected chi connectivity index (χ2v) is 6.10. The molecule has 3 aromatic rings. The Morgan fingerprint density at radius 3 is 2.69 bits per heavy atom. The van der Waals surface area contributed by atoms with Gasteiger partial charge in [0, 0.05) is 18.7 Å². The minimum atomic E-state index is -0.205. The highest BCUT2D eigenvalue weighted by Gasteiger charge is 2.10. The van der Waals surface area contributed by atoms with Crippen LogP contribution in [0.2, 0.25) is 0 Å². The van der Waals surface area contributed by atoms with E-state index in [1.54, 1.807) is 49.2 Å². The van der Waals surface area contributed by atoms with Crippen LogP contribution in [-0.2, 0) is 19.7 Å². The van der Waals surface area contributed by atoms with Crippen molar-refractivity contribution < 1.29 is 19.0 Å². The summed E-state index contributed by atoms with van der Waals surface area (Å²) in [5.74, 6) is 2.24. The number of benzene rings is 2. The first-order valence-electron chi connectivity index (χ1n) is 9.11. The van der Waals surface area contributed by atoms with Crippen LogP contribution < -0.4 is 19.5 Å². The van der Waals surface area contributed by atoms with E-state index < -0.39 is 0 Å². The summed E-state index contributed by atoms with van der Waals surface area (Å²) in [6.45, 7) is 3.18. The SMILES string of the molecule is CCn1nnnc1COc1cccc(C(=O)NCc2ccc(OC)c(OC)c2)c1. The highest BCUT2D eigenvalue weighted by atomic mass is 16.5. The fourth-order valence-electron chi connectivity index (χ4n) is 2.72. The van der Waals surface area contributed by atoms with Crippen LogP contribution in [-0.4, -0.2) is 40.3 Å². The molecule has 1 heterocycles. The van der Waals surface area contributed by atoms with Crippen molar-refractivity contribution in [1.82, 2.24) is 25.5 Å². The molecule has 0 radical (unpaired) electrons. The van der Waals surface area contributed by atoms with Gasteiger partial charge < -0.3 is 19.5 Å². The molecule has 9 nitrogen and oxygen atoms in total. The van der Waals surface area contributed by atoms with Crippen molar-refractivity contribution in [2.75, 3.05) is 14.2 Å². The van der Waals surface area contributed by atoms with E-state index >= 15 is 0 Å². The minimum Gasteiger partial charge on any atom is -0.493 e. The summed E-state index contributed by atoms with van der Waals surface area (Å²) in [7, 11) is 3.15. The molecule has 0 aliphatic heterocycles. The van der Waals surface area contributed by atoms with Crippen LogP contribution in [0.15, 0.2) is 42.5 Å². The Morgan fingerprint density at radius 2 is 1.93 bits per heavy atom. The molecule has 0 aliphatic carbocycles. The van der Waals surface area contributed by atoms with Crippen LogP contribution in [0.4, 0.5) is 0 Å². The van der Waals surface area contributed by atoms with Gasteiger partial charge in [0.15, 0.2) is 17.3 Å². The second kappa shape index (κ2) is 9.54. The van der Waals surface area contributed by atoms with Crippen LogP contribution in [0.5, 0.6) is 17.2 Å².